The number of benzene rings is 2. The second kappa shape index (κ2) is 9.64. The maximum absolute atomic E-state index is 12.5. The van der Waals surface area contributed by atoms with Gasteiger partial charge in [0.2, 0.25) is 0 Å². The summed E-state index contributed by atoms with van der Waals surface area (Å²) in [6.07, 6.45) is 2.43. The Morgan fingerprint density at radius 1 is 1.10 bits per heavy atom. The van der Waals surface area contributed by atoms with Gasteiger partial charge in [-0.2, -0.15) is 0 Å². The van der Waals surface area contributed by atoms with Crippen molar-refractivity contribution in [3.05, 3.63) is 57.0 Å². The topological polar surface area (TPSA) is 75.7 Å². The molecule has 1 aliphatic rings. The van der Waals surface area contributed by atoms with E-state index in [1.165, 1.54) is 6.07 Å². The zero-order valence-electron chi connectivity index (χ0n) is 16.2. The number of sulfone groups is 1. The number of urea groups is 1. The third-order valence-electron chi connectivity index (χ3n) is 4.78. The Balaban J connectivity index is 1.53. The number of amides is 2. The molecule has 0 aliphatic carbocycles. The number of nitrogens with zero attached hydrogens (tertiary/aromatic N) is 1. The summed E-state index contributed by atoms with van der Waals surface area (Å²) < 4.78 is 29.9. The van der Waals surface area contributed by atoms with Gasteiger partial charge in [-0.25, -0.2) is 13.2 Å². The van der Waals surface area contributed by atoms with E-state index in [1.54, 1.807) is 35.2 Å². The smallest absolute Gasteiger partial charge is 0.317 e. The standard InChI is InChI=1S/C20H21Cl3N2O4S/c1-30(27,28)19-10-14(21)3-2-13(19)12-24-20(26)25-8-6-15(7-9-25)29-16-4-5-17(22)18(23)11-16/h2-5,10-11,15H,6-9,12H2,1H3,(H,24,26). The molecule has 0 bridgehead atoms. The lowest BCUT2D eigenvalue weighted by atomic mass is 10.1. The minimum absolute atomic E-state index is 0.0283. The summed E-state index contributed by atoms with van der Waals surface area (Å²) in [5, 5.41) is 4.01. The van der Waals surface area contributed by atoms with Crippen LogP contribution in [-0.2, 0) is 16.4 Å². The molecular weight excluding hydrogens is 471 g/mol. The number of hydrogen-bond donors (Lipinski definition) is 1. The number of carbonyl (C=O) groups is 1. The minimum atomic E-state index is -3.46. The van der Waals surface area contributed by atoms with Crippen LogP contribution < -0.4 is 10.1 Å². The van der Waals surface area contributed by atoms with Gasteiger partial charge in [0, 0.05) is 49.8 Å². The van der Waals surface area contributed by atoms with Gasteiger partial charge < -0.3 is 15.0 Å². The molecule has 162 valence electrons. The highest BCUT2D eigenvalue weighted by molar-refractivity contribution is 7.90. The van der Waals surface area contributed by atoms with Gasteiger partial charge in [0.1, 0.15) is 11.9 Å². The lowest BCUT2D eigenvalue weighted by molar-refractivity contribution is 0.111. The average Bonchev–Trinajstić information content (AvgIpc) is 2.69. The van der Waals surface area contributed by atoms with Crippen LogP contribution in [0.25, 0.3) is 0 Å². The molecular formula is C20H21Cl3N2O4S. The van der Waals surface area contributed by atoms with E-state index in [-0.39, 0.29) is 23.6 Å². The second-order valence-electron chi connectivity index (χ2n) is 7.06. The van der Waals surface area contributed by atoms with E-state index in [0.29, 0.717) is 52.3 Å². The van der Waals surface area contributed by atoms with E-state index in [1.807, 2.05) is 0 Å². The summed E-state index contributed by atoms with van der Waals surface area (Å²) in [5.74, 6) is 0.642. The van der Waals surface area contributed by atoms with Gasteiger partial charge in [-0.15, -0.1) is 0 Å². The lowest BCUT2D eigenvalue weighted by Crippen LogP contribution is -2.46. The minimum Gasteiger partial charge on any atom is -0.490 e. The van der Waals surface area contributed by atoms with Crippen LogP contribution in [0.4, 0.5) is 4.79 Å². The summed E-state index contributed by atoms with van der Waals surface area (Å²) >= 11 is 17.8. The molecule has 0 saturated carbocycles. The number of rotatable bonds is 5. The summed E-state index contributed by atoms with van der Waals surface area (Å²) in [5.41, 5.74) is 0.494. The Morgan fingerprint density at radius 3 is 2.43 bits per heavy atom. The molecule has 0 spiro atoms. The Labute approximate surface area is 191 Å². The van der Waals surface area contributed by atoms with Crippen LogP contribution in [0, 0.1) is 0 Å². The van der Waals surface area contributed by atoms with Gasteiger partial charge >= 0.3 is 6.03 Å². The molecule has 0 radical (unpaired) electrons. The van der Waals surface area contributed by atoms with Crippen LogP contribution in [0.5, 0.6) is 5.75 Å². The summed E-state index contributed by atoms with van der Waals surface area (Å²) in [7, 11) is -3.46. The Hall–Kier alpha value is -1.67. The number of ether oxygens (including phenoxy) is 1. The molecule has 0 unspecified atom stereocenters. The van der Waals surface area contributed by atoms with E-state index in [9.17, 15) is 13.2 Å². The second-order valence-corrected chi connectivity index (χ2v) is 10.3. The van der Waals surface area contributed by atoms with Crippen molar-refractivity contribution in [2.75, 3.05) is 19.3 Å². The summed E-state index contributed by atoms with van der Waals surface area (Å²) in [6, 6.07) is 9.47. The third kappa shape index (κ3) is 5.94. The van der Waals surface area contributed by atoms with Crippen LogP contribution in [0.15, 0.2) is 41.3 Å². The number of halogens is 3. The molecule has 0 atom stereocenters. The van der Waals surface area contributed by atoms with Crippen molar-refractivity contribution in [2.24, 2.45) is 0 Å². The SMILES string of the molecule is CS(=O)(=O)c1cc(Cl)ccc1CNC(=O)N1CCC(Oc2ccc(Cl)c(Cl)c2)CC1. The van der Waals surface area contributed by atoms with E-state index in [2.05, 4.69) is 5.32 Å². The van der Waals surface area contributed by atoms with E-state index >= 15 is 0 Å². The molecule has 6 nitrogen and oxygen atoms in total. The zero-order valence-corrected chi connectivity index (χ0v) is 19.3. The number of hydrogen-bond acceptors (Lipinski definition) is 4. The maximum atomic E-state index is 12.5. The molecule has 1 heterocycles. The first kappa shape index (κ1) is 23.0. The molecule has 1 fully saturated rings. The zero-order chi connectivity index (χ0) is 21.9. The molecule has 2 amide bonds. The highest BCUT2D eigenvalue weighted by Gasteiger charge is 2.24. The quantitative estimate of drug-likeness (QED) is 0.652. The van der Waals surface area contributed by atoms with Crippen molar-refractivity contribution in [2.45, 2.75) is 30.4 Å². The van der Waals surface area contributed by atoms with Gasteiger partial charge in [0.15, 0.2) is 9.84 Å². The molecule has 10 heteroatoms. The van der Waals surface area contributed by atoms with Crippen molar-refractivity contribution < 1.29 is 17.9 Å². The highest BCUT2D eigenvalue weighted by Crippen LogP contribution is 2.28. The first-order valence-electron chi connectivity index (χ1n) is 9.26. The van der Waals surface area contributed by atoms with Crippen molar-refractivity contribution in [1.82, 2.24) is 10.2 Å². The molecule has 2 aromatic carbocycles. The summed E-state index contributed by atoms with van der Waals surface area (Å²) in [4.78, 5) is 14.3. The van der Waals surface area contributed by atoms with Gasteiger partial charge in [-0.1, -0.05) is 40.9 Å². The number of piperidine rings is 1. The molecule has 1 N–H and O–H groups in total. The predicted octanol–water partition coefficient (Wildman–Crippen LogP) is 4.80. The van der Waals surface area contributed by atoms with Crippen molar-refractivity contribution in [3.63, 3.8) is 0 Å². The Kier molecular flexibility index (Phi) is 7.39. The van der Waals surface area contributed by atoms with Gasteiger partial charge in [0.05, 0.1) is 14.9 Å². The molecule has 1 aliphatic heterocycles. The van der Waals surface area contributed by atoms with Gasteiger partial charge in [-0.05, 0) is 29.8 Å². The predicted molar refractivity (Wildman–Crippen MR) is 118 cm³/mol. The first-order valence-corrected chi connectivity index (χ1v) is 12.3. The van der Waals surface area contributed by atoms with Crippen LogP contribution in [0.1, 0.15) is 18.4 Å². The van der Waals surface area contributed by atoms with Crippen molar-refractivity contribution >= 4 is 50.7 Å². The molecule has 0 aromatic heterocycles. The monoisotopic (exact) mass is 490 g/mol. The van der Waals surface area contributed by atoms with Gasteiger partial charge in [-0.3, -0.25) is 0 Å². The highest BCUT2D eigenvalue weighted by atomic mass is 35.5. The van der Waals surface area contributed by atoms with Gasteiger partial charge in [0.25, 0.3) is 0 Å². The third-order valence-corrected chi connectivity index (χ3v) is 6.93. The lowest BCUT2D eigenvalue weighted by Gasteiger charge is -2.32. The first-order chi connectivity index (χ1) is 14.1. The molecule has 30 heavy (non-hydrogen) atoms. The largest absolute Gasteiger partial charge is 0.490 e. The van der Waals surface area contributed by atoms with E-state index in [4.69, 9.17) is 39.5 Å². The molecule has 2 aromatic rings. The fourth-order valence-corrected chi connectivity index (χ4v) is 4.70. The van der Waals surface area contributed by atoms with Crippen molar-refractivity contribution in [3.8, 4) is 5.75 Å². The van der Waals surface area contributed by atoms with Crippen LogP contribution in [0.2, 0.25) is 15.1 Å². The van der Waals surface area contributed by atoms with Crippen molar-refractivity contribution in [1.29, 1.82) is 0 Å². The number of carbonyl (C=O) groups excluding carboxylic acids is 1. The fourth-order valence-electron chi connectivity index (χ4n) is 3.22. The maximum Gasteiger partial charge on any atom is 0.317 e. The fraction of sp³-hybridized carbons (Fsp3) is 0.350. The van der Waals surface area contributed by atoms with Crippen LogP contribution >= 0.6 is 34.8 Å². The molecule has 1 saturated heterocycles. The van der Waals surface area contributed by atoms with Crippen LogP contribution in [-0.4, -0.2) is 44.8 Å². The Morgan fingerprint density at radius 2 is 1.80 bits per heavy atom. The number of likely N-dealkylation sites (tertiary alicyclic amines) is 1. The normalized spacial score (nSPS) is 15.1. The molecule has 3 rings (SSSR count). The van der Waals surface area contributed by atoms with Crippen LogP contribution in [0.3, 0.4) is 0 Å². The summed E-state index contributed by atoms with van der Waals surface area (Å²) in [6.45, 7) is 1.15. The van der Waals surface area contributed by atoms with E-state index < -0.39 is 9.84 Å². The average molecular weight is 492 g/mol. The number of nitrogens with one attached hydrogen (secondary N) is 1. The Bertz CT molecular complexity index is 1040. The van der Waals surface area contributed by atoms with E-state index in [0.717, 1.165) is 6.26 Å².